The second-order valence-electron chi connectivity index (χ2n) is 5.78. The molecule has 2 N–H and O–H groups in total. The average molecular weight is 309 g/mol. The predicted molar refractivity (Wildman–Crippen MR) is 85.9 cm³/mol. The summed E-state index contributed by atoms with van der Waals surface area (Å²) in [5.41, 5.74) is 0.705. The Labute approximate surface area is 130 Å². The summed E-state index contributed by atoms with van der Waals surface area (Å²) in [7, 11) is 0. The summed E-state index contributed by atoms with van der Waals surface area (Å²) < 4.78 is 0. The second-order valence-corrected chi connectivity index (χ2v) is 6.66. The van der Waals surface area contributed by atoms with Crippen molar-refractivity contribution in [1.29, 1.82) is 0 Å². The summed E-state index contributed by atoms with van der Waals surface area (Å²) in [4.78, 5) is 24.6. The van der Waals surface area contributed by atoms with Gasteiger partial charge in [-0.05, 0) is 43.7 Å². The molecule has 1 rings (SSSR count). The minimum Gasteiger partial charge on any atom is -0.481 e. The Balaban J connectivity index is 3.05. The minimum absolute atomic E-state index is 0.0154. The zero-order valence-electron chi connectivity index (χ0n) is 13.2. The van der Waals surface area contributed by atoms with Gasteiger partial charge in [-0.1, -0.05) is 19.9 Å². The highest BCUT2D eigenvalue weighted by Crippen LogP contribution is 2.24. The van der Waals surface area contributed by atoms with Crippen molar-refractivity contribution in [2.45, 2.75) is 44.6 Å². The van der Waals surface area contributed by atoms with Crippen molar-refractivity contribution in [3.05, 3.63) is 29.3 Å². The third kappa shape index (κ3) is 4.49. The first-order chi connectivity index (χ1) is 9.69. The largest absolute Gasteiger partial charge is 0.481 e. The first kappa shape index (κ1) is 17.6. The van der Waals surface area contributed by atoms with E-state index >= 15 is 0 Å². The fourth-order valence-electron chi connectivity index (χ4n) is 2.01. The van der Waals surface area contributed by atoms with Gasteiger partial charge in [0.1, 0.15) is 0 Å². The quantitative estimate of drug-likeness (QED) is 0.791. The molecule has 0 aliphatic carbocycles. The van der Waals surface area contributed by atoms with Gasteiger partial charge >= 0.3 is 5.97 Å². The Morgan fingerprint density at radius 2 is 2.00 bits per heavy atom. The van der Waals surface area contributed by atoms with E-state index in [1.54, 1.807) is 18.7 Å². The van der Waals surface area contributed by atoms with E-state index < -0.39 is 11.5 Å². The topological polar surface area (TPSA) is 66.4 Å². The van der Waals surface area contributed by atoms with Gasteiger partial charge in [-0.25, -0.2) is 0 Å². The molecule has 21 heavy (non-hydrogen) atoms. The van der Waals surface area contributed by atoms with Crippen LogP contribution in [0.1, 0.15) is 43.1 Å². The van der Waals surface area contributed by atoms with E-state index in [2.05, 4.69) is 5.32 Å². The molecule has 4 nitrogen and oxygen atoms in total. The molecule has 1 aromatic carbocycles. The minimum atomic E-state index is -0.916. The third-order valence-electron chi connectivity index (χ3n) is 3.88. The maximum absolute atomic E-state index is 12.5. The second kappa shape index (κ2) is 6.98. The molecule has 1 amide bonds. The van der Waals surface area contributed by atoms with E-state index in [0.29, 0.717) is 5.56 Å². The molecule has 0 saturated carbocycles. The Morgan fingerprint density at radius 3 is 2.48 bits per heavy atom. The van der Waals surface area contributed by atoms with E-state index in [1.165, 1.54) is 0 Å². The summed E-state index contributed by atoms with van der Waals surface area (Å²) in [6, 6.07) is 5.72. The van der Waals surface area contributed by atoms with Crippen LogP contribution in [0.5, 0.6) is 0 Å². The molecule has 1 atom stereocenters. The molecule has 0 aromatic heterocycles. The van der Waals surface area contributed by atoms with Gasteiger partial charge in [-0.15, -0.1) is 11.8 Å². The number of nitrogens with one attached hydrogen (secondary N) is 1. The molecule has 0 bridgehead atoms. The van der Waals surface area contributed by atoms with Gasteiger partial charge in [0.25, 0.3) is 5.91 Å². The molecule has 5 heteroatoms. The molecule has 0 aliphatic heterocycles. The normalized spacial score (nSPS) is 13.8. The van der Waals surface area contributed by atoms with Crippen molar-refractivity contribution in [3.63, 3.8) is 0 Å². The number of benzene rings is 1. The van der Waals surface area contributed by atoms with Crippen LogP contribution in [0.2, 0.25) is 0 Å². The SMILES string of the molecule is CSc1ccc(C)c(C(=O)NC(C)(CC(=O)O)C(C)C)c1. The number of hydrogen-bond acceptors (Lipinski definition) is 3. The van der Waals surface area contributed by atoms with E-state index in [4.69, 9.17) is 5.11 Å². The van der Waals surface area contributed by atoms with E-state index in [0.717, 1.165) is 10.5 Å². The number of carbonyl (C=O) groups is 2. The Kier molecular flexibility index (Phi) is 5.84. The van der Waals surface area contributed by atoms with Gasteiger partial charge < -0.3 is 10.4 Å². The van der Waals surface area contributed by atoms with E-state index in [1.807, 2.05) is 45.2 Å². The molecule has 116 valence electrons. The van der Waals surface area contributed by atoms with E-state index in [-0.39, 0.29) is 18.2 Å². The molecule has 0 heterocycles. The lowest BCUT2D eigenvalue weighted by atomic mass is 9.85. The third-order valence-corrected chi connectivity index (χ3v) is 4.61. The maximum atomic E-state index is 12.5. The van der Waals surface area contributed by atoms with Crippen molar-refractivity contribution < 1.29 is 14.7 Å². The number of aryl methyl sites for hydroxylation is 1. The van der Waals surface area contributed by atoms with Crippen LogP contribution in [0.15, 0.2) is 23.1 Å². The Bertz CT molecular complexity index is 542. The van der Waals surface area contributed by atoms with Crippen molar-refractivity contribution >= 4 is 23.6 Å². The number of carboxylic acids is 1. The van der Waals surface area contributed by atoms with Crippen molar-refractivity contribution in [1.82, 2.24) is 5.32 Å². The zero-order chi connectivity index (χ0) is 16.2. The highest BCUT2D eigenvalue weighted by Gasteiger charge is 2.33. The Morgan fingerprint density at radius 1 is 1.38 bits per heavy atom. The van der Waals surface area contributed by atoms with Crippen LogP contribution >= 0.6 is 11.8 Å². The fraction of sp³-hybridized carbons (Fsp3) is 0.500. The number of hydrogen-bond donors (Lipinski definition) is 2. The van der Waals surface area contributed by atoms with Gasteiger partial charge in [-0.2, -0.15) is 0 Å². The fourth-order valence-corrected chi connectivity index (χ4v) is 2.45. The summed E-state index contributed by atoms with van der Waals surface area (Å²) >= 11 is 1.57. The van der Waals surface area contributed by atoms with Gasteiger partial charge in [0.15, 0.2) is 0 Å². The summed E-state index contributed by atoms with van der Waals surface area (Å²) in [6.45, 7) is 7.48. The molecule has 1 aromatic rings. The number of amides is 1. The van der Waals surface area contributed by atoms with Crippen LogP contribution in [-0.2, 0) is 4.79 Å². The van der Waals surface area contributed by atoms with Gasteiger partial charge in [-0.3, -0.25) is 9.59 Å². The summed E-state index contributed by atoms with van der Waals surface area (Å²) in [6.07, 6.45) is 1.85. The van der Waals surface area contributed by atoms with Crippen LogP contribution in [-0.4, -0.2) is 28.8 Å². The lowest BCUT2D eigenvalue weighted by molar-refractivity contribution is -0.138. The molecule has 0 aliphatic rings. The number of carboxylic acid groups (broad SMARTS) is 1. The highest BCUT2D eigenvalue weighted by molar-refractivity contribution is 7.98. The van der Waals surface area contributed by atoms with Gasteiger partial charge in [0.2, 0.25) is 0 Å². The predicted octanol–water partition coefficient (Wildman–Crippen LogP) is 3.34. The monoisotopic (exact) mass is 309 g/mol. The van der Waals surface area contributed by atoms with Crippen molar-refractivity contribution in [3.8, 4) is 0 Å². The van der Waals surface area contributed by atoms with Crippen LogP contribution < -0.4 is 5.32 Å². The molecular weight excluding hydrogens is 286 g/mol. The van der Waals surface area contributed by atoms with Crippen molar-refractivity contribution in [2.75, 3.05) is 6.26 Å². The number of carbonyl (C=O) groups excluding carboxylic acids is 1. The number of rotatable bonds is 6. The first-order valence-electron chi connectivity index (χ1n) is 6.88. The summed E-state index contributed by atoms with van der Waals surface area (Å²) in [5.74, 6) is -1.12. The van der Waals surface area contributed by atoms with Crippen LogP contribution in [0.25, 0.3) is 0 Å². The first-order valence-corrected chi connectivity index (χ1v) is 8.11. The van der Waals surface area contributed by atoms with Gasteiger partial charge in [0, 0.05) is 10.5 Å². The molecular formula is C16H23NO3S. The van der Waals surface area contributed by atoms with Crippen LogP contribution in [0.4, 0.5) is 0 Å². The van der Waals surface area contributed by atoms with Crippen LogP contribution in [0.3, 0.4) is 0 Å². The zero-order valence-corrected chi connectivity index (χ0v) is 14.0. The summed E-state index contributed by atoms with van der Waals surface area (Å²) in [5, 5.41) is 12.0. The van der Waals surface area contributed by atoms with Crippen LogP contribution in [0, 0.1) is 12.8 Å². The molecule has 0 spiro atoms. The standard InChI is InChI=1S/C16H23NO3S/c1-10(2)16(4,9-14(18)19)17-15(20)13-8-12(21-5)7-6-11(13)3/h6-8,10H,9H2,1-5H3,(H,17,20)(H,18,19). The Hall–Kier alpha value is -1.49. The lowest BCUT2D eigenvalue weighted by Crippen LogP contribution is -2.51. The molecule has 0 saturated heterocycles. The maximum Gasteiger partial charge on any atom is 0.305 e. The highest BCUT2D eigenvalue weighted by atomic mass is 32.2. The smallest absolute Gasteiger partial charge is 0.305 e. The van der Waals surface area contributed by atoms with Gasteiger partial charge in [0.05, 0.1) is 12.0 Å². The number of thioether (sulfide) groups is 1. The molecule has 0 radical (unpaired) electrons. The average Bonchev–Trinajstić information content (AvgIpc) is 2.37. The molecule has 1 unspecified atom stereocenters. The van der Waals surface area contributed by atoms with Crippen molar-refractivity contribution in [2.24, 2.45) is 5.92 Å². The lowest BCUT2D eigenvalue weighted by Gasteiger charge is -2.33. The molecule has 0 fully saturated rings. The van der Waals surface area contributed by atoms with E-state index in [9.17, 15) is 9.59 Å². The number of aliphatic carboxylic acids is 1.